The van der Waals surface area contributed by atoms with E-state index in [9.17, 15) is 5.11 Å². The number of aliphatic hydroxyl groups is 1. The highest BCUT2D eigenvalue weighted by Crippen LogP contribution is 2.69. The molecule has 0 aromatic heterocycles. The molecule has 0 saturated heterocycles. The first-order valence-electron chi connectivity index (χ1n) is 7.45. The van der Waals surface area contributed by atoms with E-state index in [1.807, 2.05) is 0 Å². The Hall–Kier alpha value is -0.820. The molecule has 19 heavy (non-hydrogen) atoms. The molecule has 1 atom stereocenters. The van der Waals surface area contributed by atoms with Crippen LogP contribution in [-0.2, 0) is 6.42 Å². The van der Waals surface area contributed by atoms with Gasteiger partial charge in [0.1, 0.15) is 0 Å². The van der Waals surface area contributed by atoms with Crippen LogP contribution in [0, 0.1) is 16.7 Å². The highest BCUT2D eigenvalue weighted by molar-refractivity contribution is 5.26. The van der Waals surface area contributed by atoms with Gasteiger partial charge in [0.25, 0.3) is 0 Å². The van der Waals surface area contributed by atoms with Crippen molar-refractivity contribution in [1.29, 1.82) is 0 Å². The van der Waals surface area contributed by atoms with Crippen molar-refractivity contribution < 1.29 is 5.11 Å². The fraction of sp³-hybridized carbons (Fsp3) is 0.667. The van der Waals surface area contributed by atoms with Gasteiger partial charge in [-0.15, -0.1) is 0 Å². The van der Waals surface area contributed by atoms with Gasteiger partial charge < -0.3 is 5.11 Å². The van der Waals surface area contributed by atoms with E-state index in [2.05, 4.69) is 65.8 Å². The van der Waals surface area contributed by atoms with Gasteiger partial charge in [0.2, 0.25) is 0 Å². The summed E-state index contributed by atoms with van der Waals surface area (Å²) in [6, 6.07) is 8.72. The van der Waals surface area contributed by atoms with E-state index in [-0.39, 0.29) is 16.9 Å². The maximum atomic E-state index is 10.5. The molecule has 1 aromatic carbocycles. The van der Waals surface area contributed by atoms with Crippen LogP contribution in [0.5, 0.6) is 0 Å². The standard InChI is InChI=1S/C18H28O/c1-12(2)14-9-7-13(8-10-14)11-15(19)16-17(3,4)18(16,5)6/h7-10,12,15-16,19H,11H2,1-6H3. The molecule has 1 aliphatic rings. The molecule has 0 amide bonds. The second kappa shape index (κ2) is 4.63. The SMILES string of the molecule is CC(C)c1ccc(CC(O)C2C(C)(C)C2(C)C)cc1. The molecule has 1 aliphatic carbocycles. The lowest BCUT2D eigenvalue weighted by Crippen LogP contribution is -2.17. The molecule has 106 valence electrons. The van der Waals surface area contributed by atoms with Gasteiger partial charge in [0.05, 0.1) is 6.10 Å². The second-order valence-electron chi connectivity index (χ2n) is 7.59. The highest BCUT2D eigenvalue weighted by Gasteiger charge is 2.66. The van der Waals surface area contributed by atoms with E-state index >= 15 is 0 Å². The predicted molar refractivity (Wildman–Crippen MR) is 81.3 cm³/mol. The normalized spacial score (nSPS) is 22.5. The number of hydrogen-bond acceptors (Lipinski definition) is 1. The highest BCUT2D eigenvalue weighted by atomic mass is 16.3. The van der Waals surface area contributed by atoms with Crippen LogP contribution in [0.1, 0.15) is 58.6 Å². The van der Waals surface area contributed by atoms with Gasteiger partial charge in [-0.1, -0.05) is 65.8 Å². The zero-order valence-corrected chi connectivity index (χ0v) is 13.2. The van der Waals surface area contributed by atoms with E-state index < -0.39 is 0 Å². The van der Waals surface area contributed by atoms with E-state index in [1.165, 1.54) is 11.1 Å². The molecule has 0 aliphatic heterocycles. The molecule has 1 aromatic rings. The lowest BCUT2D eigenvalue weighted by atomic mass is 9.96. The molecule has 1 N–H and O–H groups in total. The summed E-state index contributed by atoms with van der Waals surface area (Å²) in [5.41, 5.74) is 3.12. The Bertz CT molecular complexity index is 425. The summed E-state index contributed by atoms with van der Waals surface area (Å²) in [5, 5.41) is 10.5. The average Bonchev–Trinajstić information content (AvgIpc) is 2.69. The van der Waals surface area contributed by atoms with Crippen LogP contribution < -0.4 is 0 Å². The minimum atomic E-state index is -0.227. The lowest BCUT2D eigenvalue weighted by molar-refractivity contribution is 0.129. The minimum Gasteiger partial charge on any atom is -0.392 e. The largest absolute Gasteiger partial charge is 0.392 e. The maximum absolute atomic E-state index is 10.5. The first-order chi connectivity index (χ1) is 8.68. The third-order valence-corrected chi connectivity index (χ3v) is 5.61. The molecule has 0 spiro atoms. The molecular formula is C18H28O. The Kier molecular flexibility index (Phi) is 3.55. The van der Waals surface area contributed by atoms with Crippen molar-refractivity contribution in [3.63, 3.8) is 0 Å². The summed E-state index contributed by atoms with van der Waals surface area (Å²) in [5.74, 6) is 0.977. The molecule has 0 bridgehead atoms. The van der Waals surface area contributed by atoms with Gasteiger partial charge in [-0.2, -0.15) is 0 Å². The Morgan fingerprint density at radius 3 is 1.84 bits per heavy atom. The molecule has 1 unspecified atom stereocenters. The predicted octanol–water partition coefficient (Wildman–Crippen LogP) is 4.40. The molecule has 0 heterocycles. The number of aliphatic hydroxyl groups excluding tert-OH is 1. The van der Waals surface area contributed by atoms with E-state index in [0.717, 1.165) is 6.42 Å². The number of hydrogen-bond donors (Lipinski definition) is 1. The van der Waals surface area contributed by atoms with Crippen molar-refractivity contribution >= 4 is 0 Å². The minimum absolute atomic E-state index is 0.227. The van der Waals surface area contributed by atoms with Gasteiger partial charge in [-0.05, 0) is 40.2 Å². The Morgan fingerprint density at radius 1 is 1.00 bits per heavy atom. The van der Waals surface area contributed by atoms with E-state index in [4.69, 9.17) is 0 Å². The lowest BCUT2D eigenvalue weighted by Gasteiger charge is -2.14. The quantitative estimate of drug-likeness (QED) is 0.851. The average molecular weight is 260 g/mol. The summed E-state index contributed by atoms with van der Waals surface area (Å²) in [7, 11) is 0. The van der Waals surface area contributed by atoms with Crippen LogP contribution >= 0.6 is 0 Å². The van der Waals surface area contributed by atoms with Crippen LogP contribution in [-0.4, -0.2) is 11.2 Å². The van der Waals surface area contributed by atoms with E-state index in [0.29, 0.717) is 11.8 Å². The topological polar surface area (TPSA) is 20.2 Å². The van der Waals surface area contributed by atoms with Crippen LogP contribution in [0.15, 0.2) is 24.3 Å². The Labute approximate surface area is 118 Å². The zero-order chi connectivity index (χ0) is 14.4. The van der Waals surface area contributed by atoms with Gasteiger partial charge in [0.15, 0.2) is 0 Å². The van der Waals surface area contributed by atoms with Crippen molar-refractivity contribution in [2.45, 2.75) is 60.0 Å². The summed E-state index contributed by atoms with van der Waals surface area (Å²) >= 11 is 0. The molecular weight excluding hydrogens is 232 g/mol. The summed E-state index contributed by atoms with van der Waals surface area (Å²) in [6.07, 6.45) is 0.547. The van der Waals surface area contributed by atoms with E-state index in [1.54, 1.807) is 0 Å². The maximum Gasteiger partial charge on any atom is 0.0619 e. The number of rotatable bonds is 4. The molecule has 1 nitrogen and oxygen atoms in total. The molecule has 1 saturated carbocycles. The van der Waals surface area contributed by atoms with Crippen molar-refractivity contribution in [3.8, 4) is 0 Å². The van der Waals surface area contributed by atoms with Gasteiger partial charge in [-0.25, -0.2) is 0 Å². The van der Waals surface area contributed by atoms with Crippen LogP contribution in [0.3, 0.4) is 0 Å². The fourth-order valence-corrected chi connectivity index (χ4v) is 3.61. The van der Waals surface area contributed by atoms with Crippen LogP contribution in [0.25, 0.3) is 0 Å². The number of benzene rings is 1. The monoisotopic (exact) mass is 260 g/mol. The van der Waals surface area contributed by atoms with Crippen molar-refractivity contribution in [2.24, 2.45) is 16.7 Å². The Morgan fingerprint density at radius 2 is 1.47 bits per heavy atom. The molecule has 2 rings (SSSR count). The third-order valence-electron chi connectivity index (χ3n) is 5.61. The molecule has 0 radical (unpaired) electrons. The van der Waals surface area contributed by atoms with Gasteiger partial charge >= 0.3 is 0 Å². The first-order valence-corrected chi connectivity index (χ1v) is 7.45. The smallest absolute Gasteiger partial charge is 0.0619 e. The zero-order valence-electron chi connectivity index (χ0n) is 13.2. The van der Waals surface area contributed by atoms with Crippen molar-refractivity contribution in [1.82, 2.24) is 0 Å². The van der Waals surface area contributed by atoms with Crippen LogP contribution in [0.2, 0.25) is 0 Å². The first kappa shape index (κ1) is 14.6. The van der Waals surface area contributed by atoms with Gasteiger partial charge in [-0.3, -0.25) is 0 Å². The van der Waals surface area contributed by atoms with Crippen molar-refractivity contribution in [2.75, 3.05) is 0 Å². The third kappa shape index (κ3) is 2.45. The summed E-state index contributed by atoms with van der Waals surface area (Å²) in [4.78, 5) is 0. The second-order valence-corrected chi connectivity index (χ2v) is 7.59. The summed E-state index contributed by atoms with van der Waals surface area (Å²) < 4.78 is 0. The van der Waals surface area contributed by atoms with Crippen molar-refractivity contribution in [3.05, 3.63) is 35.4 Å². The van der Waals surface area contributed by atoms with Gasteiger partial charge in [0, 0.05) is 0 Å². The Balaban J connectivity index is 2.03. The van der Waals surface area contributed by atoms with Crippen LogP contribution in [0.4, 0.5) is 0 Å². The molecule has 1 fully saturated rings. The molecule has 1 heteroatoms. The summed E-state index contributed by atoms with van der Waals surface area (Å²) in [6.45, 7) is 13.5. The fourth-order valence-electron chi connectivity index (χ4n) is 3.61.